The number of rotatable bonds is 6. The van der Waals surface area contributed by atoms with Crippen LogP contribution in [0.4, 0.5) is 19.0 Å². The number of thiazole rings is 1. The van der Waals surface area contributed by atoms with Gasteiger partial charge < -0.3 is 5.32 Å². The summed E-state index contributed by atoms with van der Waals surface area (Å²) in [6.45, 7) is 0. The number of pyridine rings is 1. The van der Waals surface area contributed by atoms with E-state index in [4.69, 9.17) is 11.6 Å². The van der Waals surface area contributed by atoms with Crippen molar-refractivity contribution in [1.82, 2.24) is 9.97 Å². The highest BCUT2D eigenvalue weighted by atomic mass is 35.5. The number of hydrogen-bond acceptors (Lipinski definition) is 6. The maximum Gasteiger partial charge on any atom is 0.497 e. The zero-order chi connectivity index (χ0) is 22.9. The summed E-state index contributed by atoms with van der Waals surface area (Å²) in [5.74, 6) is -0.369. The predicted molar refractivity (Wildman–Crippen MR) is 120 cm³/mol. The maximum absolute atomic E-state index is 12.6. The van der Waals surface area contributed by atoms with Gasteiger partial charge in [0.05, 0.1) is 16.5 Å². The van der Waals surface area contributed by atoms with Crippen LogP contribution >= 0.6 is 22.9 Å². The van der Waals surface area contributed by atoms with Gasteiger partial charge in [-0.2, -0.15) is 13.2 Å². The summed E-state index contributed by atoms with van der Waals surface area (Å²) < 4.78 is 60.7. The van der Waals surface area contributed by atoms with Crippen molar-refractivity contribution >= 4 is 38.6 Å². The molecule has 1 N–H and O–H groups in total. The number of sulfone groups is 1. The largest absolute Gasteiger partial charge is 0.497 e. The average molecular weight is 502 g/mol. The summed E-state index contributed by atoms with van der Waals surface area (Å²) in [6.07, 6.45) is 6.42. The molecule has 0 aliphatic heterocycles. The monoisotopic (exact) mass is 501 g/mol. The number of hydrogen-bond donors (Lipinski definition) is 1. The first-order valence-electron chi connectivity index (χ1n) is 9.89. The minimum atomic E-state index is -5.31. The Kier molecular flexibility index (Phi) is 6.46. The lowest BCUT2D eigenvalue weighted by atomic mass is 10.1. The van der Waals surface area contributed by atoms with Crippen molar-refractivity contribution in [2.24, 2.45) is 0 Å². The fourth-order valence-corrected chi connectivity index (χ4v) is 5.51. The molecule has 3 aromatic rings. The molecule has 0 atom stereocenters. The lowest BCUT2D eigenvalue weighted by Gasteiger charge is -2.12. The third-order valence-electron chi connectivity index (χ3n) is 5.24. The van der Waals surface area contributed by atoms with Crippen LogP contribution < -0.4 is 5.32 Å². The molecule has 170 valence electrons. The van der Waals surface area contributed by atoms with Crippen LogP contribution in [0.1, 0.15) is 31.2 Å². The van der Waals surface area contributed by atoms with E-state index >= 15 is 0 Å². The number of anilines is 1. The molecular formula is C21H19ClF3N3O2S2. The Morgan fingerprint density at radius 1 is 1.16 bits per heavy atom. The first-order chi connectivity index (χ1) is 15.1. The molecule has 2 heterocycles. The molecule has 1 fully saturated rings. The molecule has 0 amide bonds. The zero-order valence-corrected chi connectivity index (χ0v) is 19.1. The lowest BCUT2D eigenvalue weighted by molar-refractivity contribution is -0.0437. The highest BCUT2D eigenvalue weighted by Crippen LogP contribution is 2.35. The lowest BCUT2D eigenvalue weighted by Crippen LogP contribution is -2.24. The Morgan fingerprint density at radius 3 is 2.59 bits per heavy atom. The van der Waals surface area contributed by atoms with Crippen LogP contribution in [0, 0.1) is 0 Å². The molecule has 0 bridgehead atoms. The molecule has 1 aromatic carbocycles. The SMILES string of the molecule is O=S(=O)(Cc1ccc(-c2csc(-c3ccnc(NC4CCCC4)c3)n2)c(Cl)c1)C(F)(F)F. The Bertz CT molecular complexity index is 1220. The van der Waals surface area contributed by atoms with Crippen molar-refractivity contribution in [3.05, 3.63) is 52.5 Å². The van der Waals surface area contributed by atoms with Gasteiger partial charge in [0, 0.05) is 28.7 Å². The molecule has 0 radical (unpaired) electrons. The number of nitrogens with zero attached hydrogens (tertiary/aromatic N) is 2. The van der Waals surface area contributed by atoms with Gasteiger partial charge >= 0.3 is 5.51 Å². The van der Waals surface area contributed by atoms with E-state index in [0.717, 1.165) is 29.2 Å². The second-order valence-electron chi connectivity index (χ2n) is 7.61. The number of benzene rings is 1. The highest BCUT2D eigenvalue weighted by Gasteiger charge is 2.45. The third kappa shape index (κ3) is 5.07. The van der Waals surface area contributed by atoms with Crippen LogP contribution in [0.3, 0.4) is 0 Å². The van der Waals surface area contributed by atoms with Crippen molar-refractivity contribution in [3.63, 3.8) is 0 Å². The quantitative estimate of drug-likeness (QED) is 0.428. The van der Waals surface area contributed by atoms with E-state index in [1.54, 1.807) is 11.6 Å². The molecule has 1 aliphatic carbocycles. The predicted octanol–water partition coefficient (Wildman–Crippen LogP) is 6.31. The van der Waals surface area contributed by atoms with Gasteiger partial charge in [-0.1, -0.05) is 36.6 Å². The maximum atomic E-state index is 12.6. The Labute approximate surface area is 192 Å². The van der Waals surface area contributed by atoms with Gasteiger partial charge in [0.25, 0.3) is 9.84 Å². The topological polar surface area (TPSA) is 72.0 Å². The van der Waals surface area contributed by atoms with E-state index in [1.165, 1.54) is 42.4 Å². The normalized spacial score (nSPS) is 15.2. The van der Waals surface area contributed by atoms with Crippen LogP contribution in [0.5, 0.6) is 0 Å². The molecular weight excluding hydrogens is 483 g/mol. The summed E-state index contributed by atoms with van der Waals surface area (Å²) in [4.78, 5) is 8.99. The van der Waals surface area contributed by atoms with E-state index in [1.807, 2.05) is 12.1 Å². The fraction of sp³-hybridized carbons (Fsp3) is 0.333. The minimum absolute atomic E-state index is 0.0386. The van der Waals surface area contributed by atoms with Crippen molar-refractivity contribution in [2.45, 2.75) is 43.0 Å². The van der Waals surface area contributed by atoms with Crippen LogP contribution in [0.25, 0.3) is 21.8 Å². The summed E-state index contributed by atoms with van der Waals surface area (Å²) in [5, 5.41) is 6.13. The highest BCUT2D eigenvalue weighted by molar-refractivity contribution is 7.91. The van der Waals surface area contributed by atoms with Gasteiger partial charge in [0.15, 0.2) is 0 Å². The summed E-state index contributed by atoms with van der Waals surface area (Å²) in [7, 11) is -5.27. The molecule has 1 aliphatic rings. The Hall–Kier alpha value is -2.17. The van der Waals surface area contributed by atoms with Crippen molar-refractivity contribution < 1.29 is 21.6 Å². The van der Waals surface area contributed by atoms with E-state index in [2.05, 4.69) is 15.3 Å². The van der Waals surface area contributed by atoms with E-state index < -0.39 is 21.1 Å². The summed E-state index contributed by atoms with van der Waals surface area (Å²) in [6, 6.07) is 8.27. The molecule has 4 rings (SSSR count). The summed E-state index contributed by atoms with van der Waals surface area (Å²) in [5.41, 5.74) is -3.38. The molecule has 0 spiro atoms. The van der Waals surface area contributed by atoms with Gasteiger partial charge in [-0.15, -0.1) is 11.3 Å². The first kappa shape index (κ1) is 23.0. The van der Waals surface area contributed by atoms with Gasteiger partial charge in [-0.25, -0.2) is 18.4 Å². The summed E-state index contributed by atoms with van der Waals surface area (Å²) >= 11 is 7.66. The van der Waals surface area contributed by atoms with Gasteiger partial charge in [0.1, 0.15) is 10.8 Å². The zero-order valence-electron chi connectivity index (χ0n) is 16.7. The van der Waals surface area contributed by atoms with Gasteiger partial charge in [0.2, 0.25) is 0 Å². The van der Waals surface area contributed by atoms with Crippen LogP contribution in [0.2, 0.25) is 5.02 Å². The van der Waals surface area contributed by atoms with Gasteiger partial charge in [-0.3, -0.25) is 0 Å². The second-order valence-corrected chi connectivity index (χ2v) is 10.9. The molecule has 11 heteroatoms. The molecule has 2 aromatic heterocycles. The second kappa shape index (κ2) is 8.99. The van der Waals surface area contributed by atoms with Gasteiger partial charge in [-0.05, 0) is 36.6 Å². The fourth-order valence-electron chi connectivity index (χ4n) is 3.61. The number of alkyl halides is 3. The van der Waals surface area contributed by atoms with Crippen LogP contribution in [-0.2, 0) is 15.6 Å². The average Bonchev–Trinajstić information content (AvgIpc) is 3.39. The van der Waals surface area contributed by atoms with E-state index in [0.29, 0.717) is 17.3 Å². The Morgan fingerprint density at radius 2 is 1.91 bits per heavy atom. The van der Waals surface area contributed by atoms with Crippen LogP contribution in [0.15, 0.2) is 41.9 Å². The first-order valence-corrected chi connectivity index (χ1v) is 12.8. The Balaban J connectivity index is 1.54. The molecule has 1 saturated carbocycles. The van der Waals surface area contributed by atoms with Crippen molar-refractivity contribution in [3.8, 4) is 21.8 Å². The molecule has 5 nitrogen and oxygen atoms in total. The third-order valence-corrected chi connectivity index (χ3v) is 7.86. The smallest absolute Gasteiger partial charge is 0.367 e. The minimum Gasteiger partial charge on any atom is -0.367 e. The van der Waals surface area contributed by atoms with E-state index in [9.17, 15) is 21.6 Å². The van der Waals surface area contributed by atoms with Crippen LogP contribution in [-0.4, -0.2) is 29.9 Å². The number of nitrogens with one attached hydrogen (secondary N) is 1. The van der Waals surface area contributed by atoms with Crippen molar-refractivity contribution in [1.29, 1.82) is 0 Å². The van der Waals surface area contributed by atoms with Crippen molar-refractivity contribution in [2.75, 3.05) is 5.32 Å². The molecule has 32 heavy (non-hydrogen) atoms. The van der Waals surface area contributed by atoms with E-state index in [-0.39, 0.29) is 10.6 Å². The number of aromatic nitrogens is 2. The number of halogens is 4. The molecule has 0 saturated heterocycles. The standard InChI is InChI=1S/C21H19ClF3N3O2S2/c22-17-9-13(12-32(29,30)21(23,24)25)5-6-16(17)18-11-31-20(28-18)14-7-8-26-19(10-14)27-15-3-1-2-4-15/h5-11,15H,1-4,12H2,(H,26,27). The molecule has 0 unspecified atom stereocenters.